The summed E-state index contributed by atoms with van der Waals surface area (Å²) in [7, 11) is 0. The number of hydrogen-bond acceptors (Lipinski definition) is 3. The van der Waals surface area contributed by atoms with Gasteiger partial charge in [-0.2, -0.15) is 0 Å². The molecular weight excluding hydrogens is 230 g/mol. The van der Waals surface area contributed by atoms with Crippen molar-refractivity contribution in [1.82, 2.24) is 0 Å². The molecule has 1 saturated carbocycles. The fraction of sp³-hybridized carbons (Fsp3) is 0.571. The fourth-order valence-corrected chi connectivity index (χ4v) is 3.46. The van der Waals surface area contributed by atoms with Crippen molar-refractivity contribution in [3.05, 3.63) is 29.8 Å². The van der Waals surface area contributed by atoms with E-state index in [-0.39, 0.29) is 12.1 Å². The van der Waals surface area contributed by atoms with Crippen LogP contribution in [-0.2, 0) is 0 Å². The second-order valence-electron chi connectivity index (χ2n) is 4.87. The number of aliphatic hydroxyl groups excluding tert-OH is 1. The zero-order valence-corrected chi connectivity index (χ0v) is 11.1. The van der Waals surface area contributed by atoms with Crippen LogP contribution in [0.2, 0.25) is 0 Å². The smallest absolute Gasteiger partial charge is 0.0662 e. The van der Waals surface area contributed by atoms with Crippen molar-refractivity contribution in [2.24, 2.45) is 5.73 Å². The summed E-state index contributed by atoms with van der Waals surface area (Å²) in [5.74, 6) is 0. The van der Waals surface area contributed by atoms with Crippen molar-refractivity contribution in [2.75, 3.05) is 0 Å². The zero-order chi connectivity index (χ0) is 12.3. The lowest BCUT2D eigenvalue weighted by Crippen LogP contribution is -2.26. The first-order valence-electron chi connectivity index (χ1n) is 6.37. The van der Waals surface area contributed by atoms with Gasteiger partial charge in [0.2, 0.25) is 0 Å². The van der Waals surface area contributed by atoms with E-state index in [2.05, 4.69) is 24.3 Å². The van der Waals surface area contributed by atoms with Crippen LogP contribution in [0.15, 0.2) is 29.2 Å². The predicted molar refractivity (Wildman–Crippen MR) is 73.2 cm³/mol. The Morgan fingerprint density at radius 1 is 1.24 bits per heavy atom. The summed E-state index contributed by atoms with van der Waals surface area (Å²) in [6.45, 7) is 1.99. The van der Waals surface area contributed by atoms with Gasteiger partial charge in [-0.3, -0.25) is 0 Å². The van der Waals surface area contributed by atoms with Gasteiger partial charge in [-0.25, -0.2) is 0 Å². The molecule has 1 aliphatic carbocycles. The van der Waals surface area contributed by atoms with E-state index in [1.54, 1.807) is 11.8 Å². The second kappa shape index (κ2) is 5.89. The maximum absolute atomic E-state index is 9.93. The topological polar surface area (TPSA) is 46.2 Å². The number of hydrogen-bond donors (Lipinski definition) is 2. The van der Waals surface area contributed by atoms with E-state index in [4.69, 9.17) is 5.73 Å². The molecule has 2 nitrogen and oxygen atoms in total. The van der Waals surface area contributed by atoms with E-state index >= 15 is 0 Å². The lowest BCUT2D eigenvalue weighted by molar-refractivity contribution is 0.137. The van der Waals surface area contributed by atoms with Gasteiger partial charge in [0.1, 0.15) is 0 Å². The average molecular weight is 251 g/mol. The van der Waals surface area contributed by atoms with Gasteiger partial charge in [0.15, 0.2) is 0 Å². The Morgan fingerprint density at radius 3 is 2.47 bits per heavy atom. The maximum atomic E-state index is 9.93. The van der Waals surface area contributed by atoms with Gasteiger partial charge in [-0.15, -0.1) is 11.8 Å². The standard InChI is InChI=1S/C14H21NOS/c1-10(15)11-6-8-12(9-7-11)17-14-5-3-2-4-13(14)16/h6-10,13-14,16H,2-5,15H2,1H3. The van der Waals surface area contributed by atoms with Crippen LogP contribution in [0.25, 0.3) is 0 Å². The van der Waals surface area contributed by atoms with E-state index in [0.717, 1.165) is 12.8 Å². The first kappa shape index (κ1) is 12.9. The molecule has 3 unspecified atom stereocenters. The molecule has 0 saturated heterocycles. The summed E-state index contributed by atoms with van der Waals surface area (Å²) in [6, 6.07) is 8.49. The largest absolute Gasteiger partial charge is 0.392 e. The van der Waals surface area contributed by atoms with Crippen LogP contribution >= 0.6 is 11.8 Å². The molecule has 2 rings (SSSR count). The molecule has 0 aromatic heterocycles. The summed E-state index contributed by atoms with van der Waals surface area (Å²) < 4.78 is 0. The van der Waals surface area contributed by atoms with Gasteiger partial charge >= 0.3 is 0 Å². The molecule has 0 aliphatic heterocycles. The number of nitrogens with two attached hydrogens (primary N) is 1. The van der Waals surface area contributed by atoms with Crippen LogP contribution in [0.1, 0.15) is 44.2 Å². The SMILES string of the molecule is CC(N)c1ccc(SC2CCCCC2O)cc1. The molecule has 3 heteroatoms. The van der Waals surface area contributed by atoms with E-state index < -0.39 is 0 Å². The highest BCUT2D eigenvalue weighted by atomic mass is 32.2. The lowest BCUT2D eigenvalue weighted by atomic mass is 9.97. The van der Waals surface area contributed by atoms with Gasteiger partial charge in [-0.05, 0) is 37.5 Å². The molecule has 0 bridgehead atoms. The summed E-state index contributed by atoms with van der Waals surface area (Å²) >= 11 is 1.80. The summed E-state index contributed by atoms with van der Waals surface area (Å²) in [6.07, 6.45) is 4.35. The molecule has 1 fully saturated rings. The summed E-state index contributed by atoms with van der Waals surface area (Å²) in [4.78, 5) is 1.24. The minimum absolute atomic E-state index is 0.0920. The zero-order valence-electron chi connectivity index (χ0n) is 10.3. The molecule has 94 valence electrons. The Balaban J connectivity index is 1.98. The molecular formula is C14H21NOS. The number of thioether (sulfide) groups is 1. The quantitative estimate of drug-likeness (QED) is 0.867. The van der Waals surface area contributed by atoms with E-state index in [1.807, 2.05) is 6.92 Å². The van der Waals surface area contributed by atoms with Crippen molar-refractivity contribution in [1.29, 1.82) is 0 Å². The number of rotatable bonds is 3. The third-order valence-electron chi connectivity index (χ3n) is 3.36. The molecule has 17 heavy (non-hydrogen) atoms. The highest BCUT2D eigenvalue weighted by molar-refractivity contribution is 8.00. The third-order valence-corrected chi connectivity index (χ3v) is 4.76. The fourth-order valence-electron chi connectivity index (χ4n) is 2.24. The Labute approximate surface area is 108 Å². The Morgan fingerprint density at radius 2 is 1.88 bits per heavy atom. The van der Waals surface area contributed by atoms with Gasteiger partial charge in [0, 0.05) is 16.2 Å². The van der Waals surface area contributed by atoms with Crippen LogP contribution in [0.4, 0.5) is 0 Å². The van der Waals surface area contributed by atoms with Crippen LogP contribution in [0.3, 0.4) is 0 Å². The molecule has 1 aromatic rings. The molecule has 3 atom stereocenters. The monoisotopic (exact) mass is 251 g/mol. The predicted octanol–water partition coefficient (Wildman–Crippen LogP) is 3.10. The van der Waals surface area contributed by atoms with Gasteiger partial charge < -0.3 is 10.8 Å². The highest BCUT2D eigenvalue weighted by Gasteiger charge is 2.23. The summed E-state index contributed by atoms with van der Waals surface area (Å²) in [5, 5.41) is 10.3. The van der Waals surface area contributed by atoms with Crippen molar-refractivity contribution in [2.45, 2.75) is 54.9 Å². The molecule has 1 aromatic carbocycles. The van der Waals surface area contributed by atoms with Gasteiger partial charge in [-0.1, -0.05) is 25.0 Å². The van der Waals surface area contributed by atoms with E-state index in [1.165, 1.54) is 23.3 Å². The molecule has 0 amide bonds. The minimum atomic E-state index is -0.137. The number of aliphatic hydroxyl groups is 1. The Hall–Kier alpha value is -0.510. The Bertz CT molecular complexity index is 350. The minimum Gasteiger partial charge on any atom is -0.392 e. The van der Waals surface area contributed by atoms with Crippen LogP contribution in [0, 0.1) is 0 Å². The lowest BCUT2D eigenvalue weighted by Gasteiger charge is -2.27. The van der Waals surface area contributed by atoms with Crippen molar-refractivity contribution < 1.29 is 5.11 Å². The van der Waals surface area contributed by atoms with Crippen LogP contribution < -0.4 is 5.73 Å². The first-order chi connectivity index (χ1) is 8.16. The van der Waals surface area contributed by atoms with Crippen LogP contribution in [0.5, 0.6) is 0 Å². The third kappa shape index (κ3) is 3.47. The van der Waals surface area contributed by atoms with Crippen molar-refractivity contribution >= 4 is 11.8 Å². The number of benzene rings is 1. The Kier molecular flexibility index (Phi) is 4.48. The molecule has 0 heterocycles. The van der Waals surface area contributed by atoms with Crippen LogP contribution in [-0.4, -0.2) is 16.5 Å². The molecule has 1 aliphatic rings. The normalized spacial score (nSPS) is 26.8. The van der Waals surface area contributed by atoms with E-state index in [9.17, 15) is 5.11 Å². The summed E-state index contributed by atoms with van der Waals surface area (Å²) in [5.41, 5.74) is 6.99. The van der Waals surface area contributed by atoms with Gasteiger partial charge in [0.05, 0.1) is 6.10 Å². The molecule has 0 spiro atoms. The maximum Gasteiger partial charge on any atom is 0.0662 e. The highest BCUT2D eigenvalue weighted by Crippen LogP contribution is 2.34. The average Bonchev–Trinajstić information content (AvgIpc) is 2.33. The molecule has 0 radical (unpaired) electrons. The van der Waals surface area contributed by atoms with Crippen molar-refractivity contribution in [3.8, 4) is 0 Å². The molecule has 3 N–H and O–H groups in total. The van der Waals surface area contributed by atoms with Crippen molar-refractivity contribution in [3.63, 3.8) is 0 Å². The second-order valence-corrected chi connectivity index (χ2v) is 6.18. The van der Waals surface area contributed by atoms with Gasteiger partial charge in [0.25, 0.3) is 0 Å². The van der Waals surface area contributed by atoms with E-state index in [0.29, 0.717) is 5.25 Å². The first-order valence-corrected chi connectivity index (χ1v) is 7.25.